The molecule has 0 unspecified atom stereocenters. The van der Waals surface area contributed by atoms with E-state index >= 15 is 0 Å². The standard InChI is InChI=1S/C15H11F3O2S/c16-12-3-1-2-4-14(12)21-9-13(19)10-5-7-11(8-6-10)20-15(17)18/h1-8,15H,9H2. The van der Waals surface area contributed by atoms with Crippen LogP contribution in [0.1, 0.15) is 10.4 Å². The third-order valence-corrected chi connectivity index (χ3v) is 3.65. The number of carbonyl (C=O) groups excluding carboxylic acids is 1. The van der Waals surface area contributed by atoms with Crippen molar-refractivity contribution in [3.8, 4) is 5.75 Å². The molecule has 0 aromatic heterocycles. The topological polar surface area (TPSA) is 26.3 Å². The normalized spacial score (nSPS) is 10.7. The van der Waals surface area contributed by atoms with Crippen LogP contribution in [0.5, 0.6) is 5.75 Å². The van der Waals surface area contributed by atoms with Gasteiger partial charge in [0, 0.05) is 10.5 Å². The zero-order chi connectivity index (χ0) is 15.2. The molecule has 0 saturated heterocycles. The van der Waals surface area contributed by atoms with Crippen LogP contribution in [0.15, 0.2) is 53.4 Å². The van der Waals surface area contributed by atoms with E-state index in [1.54, 1.807) is 18.2 Å². The SMILES string of the molecule is O=C(CSc1ccccc1F)c1ccc(OC(F)F)cc1. The van der Waals surface area contributed by atoms with Crippen LogP contribution in [0.2, 0.25) is 0 Å². The van der Waals surface area contributed by atoms with Gasteiger partial charge in [0.2, 0.25) is 0 Å². The van der Waals surface area contributed by atoms with Crippen molar-refractivity contribution in [1.29, 1.82) is 0 Å². The molecular weight excluding hydrogens is 301 g/mol. The second-order valence-electron chi connectivity index (χ2n) is 4.05. The highest BCUT2D eigenvalue weighted by molar-refractivity contribution is 8.00. The molecule has 0 aliphatic rings. The Bertz CT molecular complexity index is 615. The van der Waals surface area contributed by atoms with Gasteiger partial charge in [0.15, 0.2) is 5.78 Å². The van der Waals surface area contributed by atoms with E-state index in [1.165, 1.54) is 30.3 Å². The Hall–Kier alpha value is -1.95. The maximum atomic E-state index is 13.4. The van der Waals surface area contributed by atoms with Crippen LogP contribution in [0.3, 0.4) is 0 Å². The summed E-state index contributed by atoms with van der Waals surface area (Å²) in [5.41, 5.74) is 0.362. The van der Waals surface area contributed by atoms with Crippen molar-refractivity contribution >= 4 is 17.5 Å². The molecule has 0 heterocycles. The molecule has 0 radical (unpaired) electrons. The van der Waals surface area contributed by atoms with Gasteiger partial charge in [-0.25, -0.2) is 4.39 Å². The molecule has 6 heteroatoms. The molecule has 2 aromatic rings. The summed E-state index contributed by atoms with van der Waals surface area (Å²) in [4.78, 5) is 12.3. The first kappa shape index (κ1) is 15.4. The second-order valence-corrected chi connectivity index (χ2v) is 5.06. The lowest BCUT2D eigenvalue weighted by Gasteiger charge is -2.06. The minimum absolute atomic E-state index is 0.0108. The van der Waals surface area contributed by atoms with E-state index in [2.05, 4.69) is 4.74 Å². The van der Waals surface area contributed by atoms with Gasteiger partial charge in [0.25, 0.3) is 0 Å². The van der Waals surface area contributed by atoms with Gasteiger partial charge in [-0.3, -0.25) is 4.79 Å². The molecule has 0 fully saturated rings. The van der Waals surface area contributed by atoms with Gasteiger partial charge in [-0.15, -0.1) is 11.8 Å². The van der Waals surface area contributed by atoms with Gasteiger partial charge in [-0.05, 0) is 36.4 Å². The Morgan fingerprint density at radius 3 is 2.38 bits per heavy atom. The summed E-state index contributed by atoms with van der Waals surface area (Å²) in [5.74, 6) is -0.540. The molecular formula is C15H11F3O2S. The largest absolute Gasteiger partial charge is 0.435 e. The number of benzene rings is 2. The van der Waals surface area contributed by atoms with Crippen molar-refractivity contribution in [3.63, 3.8) is 0 Å². The minimum atomic E-state index is -2.90. The predicted octanol–water partition coefficient (Wildman–Crippen LogP) is 4.40. The molecule has 2 aromatic carbocycles. The number of ether oxygens (including phenoxy) is 1. The number of thioether (sulfide) groups is 1. The fourth-order valence-electron chi connectivity index (χ4n) is 1.61. The average Bonchev–Trinajstić information content (AvgIpc) is 2.46. The molecule has 21 heavy (non-hydrogen) atoms. The summed E-state index contributed by atoms with van der Waals surface area (Å²) in [6, 6.07) is 11.6. The minimum Gasteiger partial charge on any atom is -0.435 e. The first-order valence-electron chi connectivity index (χ1n) is 6.01. The van der Waals surface area contributed by atoms with Crippen LogP contribution in [0.25, 0.3) is 0 Å². The average molecular weight is 312 g/mol. The Kier molecular flexibility index (Phi) is 5.27. The highest BCUT2D eigenvalue weighted by Crippen LogP contribution is 2.23. The lowest BCUT2D eigenvalue weighted by Crippen LogP contribution is -2.04. The van der Waals surface area contributed by atoms with Crippen LogP contribution >= 0.6 is 11.8 Å². The smallest absolute Gasteiger partial charge is 0.387 e. The lowest BCUT2D eigenvalue weighted by atomic mass is 10.1. The molecule has 0 bridgehead atoms. The van der Waals surface area contributed by atoms with E-state index in [9.17, 15) is 18.0 Å². The summed E-state index contributed by atoms with van der Waals surface area (Å²) < 4.78 is 41.6. The Morgan fingerprint density at radius 2 is 1.76 bits per heavy atom. The van der Waals surface area contributed by atoms with E-state index in [1.807, 2.05) is 0 Å². The summed E-state index contributed by atoms with van der Waals surface area (Å²) in [7, 11) is 0. The summed E-state index contributed by atoms with van der Waals surface area (Å²) >= 11 is 1.09. The molecule has 0 amide bonds. The maximum Gasteiger partial charge on any atom is 0.387 e. The van der Waals surface area contributed by atoms with Crippen molar-refractivity contribution in [3.05, 3.63) is 59.9 Å². The summed E-state index contributed by atoms with van der Waals surface area (Å²) in [6.07, 6.45) is 0. The van der Waals surface area contributed by atoms with Gasteiger partial charge in [-0.1, -0.05) is 12.1 Å². The molecule has 0 spiro atoms. The van der Waals surface area contributed by atoms with Gasteiger partial charge >= 0.3 is 6.61 Å². The third kappa shape index (κ3) is 4.53. The van der Waals surface area contributed by atoms with E-state index in [4.69, 9.17) is 0 Å². The zero-order valence-corrected chi connectivity index (χ0v) is 11.6. The number of alkyl halides is 2. The van der Waals surface area contributed by atoms with Crippen molar-refractivity contribution in [2.24, 2.45) is 0 Å². The number of rotatable bonds is 6. The van der Waals surface area contributed by atoms with E-state index in [0.29, 0.717) is 10.5 Å². The van der Waals surface area contributed by atoms with E-state index in [-0.39, 0.29) is 23.1 Å². The summed E-state index contributed by atoms with van der Waals surface area (Å²) in [6.45, 7) is -2.90. The van der Waals surface area contributed by atoms with Crippen LogP contribution in [0, 0.1) is 5.82 Å². The zero-order valence-electron chi connectivity index (χ0n) is 10.8. The van der Waals surface area contributed by atoms with Gasteiger partial charge in [0.1, 0.15) is 11.6 Å². The highest BCUT2D eigenvalue weighted by Gasteiger charge is 2.10. The fraction of sp³-hybridized carbons (Fsp3) is 0.133. The Morgan fingerprint density at radius 1 is 1.10 bits per heavy atom. The molecule has 0 N–H and O–H groups in total. The van der Waals surface area contributed by atoms with Crippen LogP contribution < -0.4 is 4.74 Å². The van der Waals surface area contributed by atoms with E-state index in [0.717, 1.165) is 11.8 Å². The maximum absolute atomic E-state index is 13.4. The molecule has 2 rings (SSSR count). The van der Waals surface area contributed by atoms with Gasteiger partial charge in [0.05, 0.1) is 5.75 Å². The first-order chi connectivity index (χ1) is 10.1. The molecule has 2 nitrogen and oxygen atoms in total. The van der Waals surface area contributed by atoms with E-state index < -0.39 is 6.61 Å². The molecule has 0 aliphatic heterocycles. The molecule has 0 atom stereocenters. The third-order valence-electron chi connectivity index (χ3n) is 2.60. The number of halogens is 3. The Balaban J connectivity index is 1.96. The number of hydrogen-bond acceptors (Lipinski definition) is 3. The number of ketones is 1. The van der Waals surface area contributed by atoms with Crippen LogP contribution in [-0.4, -0.2) is 18.1 Å². The number of hydrogen-bond donors (Lipinski definition) is 0. The van der Waals surface area contributed by atoms with Crippen molar-refractivity contribution < 1.29 is 22.7 Å². The highest BCUT2D eigenvalue weighted by atomic mass is 32.2. The van der Waals surface area contributed by atoms with Crippen LogP contribution in [0.4, 0.5) is 13.2 Å². The molecule has 0 saturated carbocycles. The van der Waals surface area contributed by atoms with Gasteiger partial charge < -0.3 is 4.74 Å². The van der Waals surface area contributed by atoms with Crippen molar-refractivity contribution in [2.75, 3.05) is 5.75 Å². The monoisotopic (exact) mass is 312 g/mol. The molecule has 110 valence electrons. The summed E-state index contributed by atoms with van der Waals surface area (Å²) in [5, 5.41) is 0. The second kappa shape index (κ2) is 7.17. The first-order valence-corrected chi connectivity index (χ1v) is 7.00. The lowest BCUT2D eigenvalue weighted by molar-refractivity contribution is -0.0498. The quantitative estimate of drug-likeness (QED) is 0.584. The Labute approximate surface area is 123 Å². The van der Waals surface area contributed by atoms with Crippen molar-refractivity contribution in [2.45, 2.75) is 11.5 Å². The molecule has 0 aliphatic carbocycles. The fourth-order valence-corrected chi connectivity index (χ4v) is 2.44. The predicted molar refractivity (Wildman–Crippen MR) is 74.5 cm³/mol. The van der Waals surface area contributed by atoms with Crippen LogP contribution in [-0.2, 0) is 0 Å². The number of Topliss-reactive ketones (excluding diaryl/α,β-unsaturated/α-hetero) is 1. The van der Waals surface area contributed by atoms with Crippen molar-refractivity contribution in [1.82, 2.24) is 0 Å². The van der Waals surface area contributed by atoms with Gasteiger partial charge in [-0.2, -0.15) is 8.78 Å². The number of carbonyl (C=O) groups is 1.